The molecular weight excluding hydrogens is 430 g/mol. The van der Waals surface area contributed by atoms with Crippen LogP contribution < -0.4 is 10.6 Å². The smallest absolute Gasteiger partial charge is 0.337 e. The van der Waals surface area contributed by atoms with E-state index in [1.807, 2.05) is 0 Å². The van der Waals surface area contributed by atoms with Gasteiger partial charge in [0.1, 0.15) is 6.04 Å². The van der Waals surface area contributed by atoms with Crippen molar-refractivity contribution in [2.75, 3.05) is 19.5 Å². The highest BCUT2D eigenvalue weighted by Crippen LogP contribution is 2.30. The molecule has 1 aliphatic carbocycles. The summed E-state index contributed by atoms with van der Waals surface area (Å²) in [4.78, 5) is 64.0. The average molecular weight is 459 g/mol. The molecule has 1 heterocycles. The highest BCUT2D eigenvalue weighted by Gasteiger charge is 2.45. The lowest BCUT2D eigenvalue weighted by atomic mass is 9.85. The van der Waals surface area contributed by atoms with E-state index in [2.05, 4.69) is 10.6 Å². The minimum Gasteiger partial charge on any atom is -0.465 e. The largest absolute Gasteiger partial charge is 0.465 e. The van der Waals surface area contributed by atoms with E-state index in [9.17, 15) is 24.0 Å². The summed E-state index contributed by atoms with van der Waals surface area (Å²) in [5.74, 6) is -2.43. The van der Waals surface area contributed by atoms with E-state index >= 15 is 0 Å². The summed E-state index contributed by atoms with van der Waals surface area (Å²) < 4.78 is 9.40. The average Bonchev–Trinajstić information content (AvgIpc) is 2.82. The summed E-state index contributed by atoms with van der Waals surface area (Å²) in [6.07, 6.45) is 3.51. The lowest BCUT2D eigenvalue weighted by molar-refractivity contribution is -0.151. The zero-order valence-electron chi connectivity index (χ0n) is 19.0. The van der Waals surface area contributed by atoms with Crippen molar-refractivity contribution < 1.29 is 33.4 Å². The Morgan fingerprint density at radius 1 is 1.03 bits per heavy atom. The number of nitrogens with one attached hydrogen (secondary N) is 2. The Morgan fingerprint density at radius 2 is 1.64 bits per heavy atom. The van der Waals surface area contributed by atoms with Gasteiger partial charge in [-0.05, 0) is 31.0 Å². The maximum atomic E-state index is 12.9. The lowest BCUT2D eigenvalue weighted by Crippen LogP contribution is -2.67. The van der Waals surface area contributed by atoms with Gasteiger partial charge in [0.25, 0.3) is 0 Å². The van der Waals surface area contributed by atoms with E-state index < -0.39 is 23.9 Å². The number of ether oxygens (including phenoxy) is 2. The van der Waals surface area contributed by atoms with Gasteiger partial charge in [0.2, 0.25) is 17.7 Å². The van der Waals surface area contributed by atoms with Gasteiger partial charge in [0, 0.05) is 18.2 Å². The first-order valence-electron chi connectivity index (χ1n) is 11.0. The Hall–Kier alpha value is -3.43. The number of anilines is 1. The number of carbonyl (C=O) groups excluding carboxylic acids is 5. The van der Waals surface area contributed by atoms with Crippen molar-refractivity contribution in [1.29, 1.82) is 0 Å². The lowest BCUT2D eigenvalue weighted by Gasteiger charge is -2.48. The number of benzene rings is 1. The fraction of sp³-hybridized carbons (Fsp3) is 0.522. The number of carbonyl (C=O) groups is 5. The SMILES string of the molecule is CCC(=O)N1[C@H](CC(=O)Nc2cc(C(=O)OC)cc(C(=O)OC)c2)C(=O)N[C@H]2CCCC[C@H]21. The molecular formula is C23H29N3O7. The number of hydrogen-bond acceptors (Lipinski definition) is 7. The molecule has 0 bridgehead atoms. The monoisotopic (exact) mass is 459 g/mol. The van der Waals surface area contributed by atoms with E-state index in [4.69, 9.17) is 9.47 Å². The van der Waals surface area contributed by atoms with E-state index in [-0.39, 0.29) is 53.6 Å². The molecule has 1 saturated heterocycles. The van der Waals surface area contributed by atoms with E-state index in [0.717, 1.165) is 25.7 Å². The predicted molar refractivity (Wildman–Crippen MR) is 117 cm³/mol. The van der Waals surface area contributed by atoms with Gasteiger partial charge in [-0.1, -0.05) is 19.8 Å². The molecule has 2 N–H and O–H groups in total. The van der Waals surface area contributed by atoms with Gasteiger partial charge in [-0.15, -0.1) is 0 Å². The molecule has 0 unspecified atom stereocenters. The van der Waals surface area contributed by atoms with Gasteiger partial charge in [-0.3, -0.25) is 14.4 Å². The molecule has 1 aromatic rings. The Kier molecular flexibility index (Phi) is 7.67. The first-order chi connectivity index (χ1) is 15.8. The Balaban J connectivity index is 1.82. The summed E-state index contributed by atoms with van der Waals surface area (Å²) in [6, 6.07) is 2.87. The molecule has 1 aromatic carbocycles. The molecule has 1 aliphatic heterocycles. The number of nitrogens with zero attached hydrogens (tertiary/aromatic N) is 1. The van der Waals surface area contributed by atoms with Crippen LogP contribution in [0.2, 0.25) is 0 Å². The second-order valence-corrected chi connectivity index (χ2v) is 8.17. The van der Waals surface area contributed by atoms with Crippen LogP contribution in [0.4, 0.5) is 5.69 Å². The summed E-state index contributed by atoms with van der Waals surface area (Å²) in [5, 5.41) is 5.60. The van der Waals surface area contributed by atoms with Crippen molar-refractivity contribution in [3.63, 3.8) is 0 Å². The van der Waals surface area contributed by atoms with Crippen molar-refractivity contribution in [2.24, 2.45) is 0 Å². The number of amides is 3. The number of rotatable bonds is 6. The van der Waals surface area contributed by atoms with Gasteiger partial charge in [0.05, 0.1) is 37.8 Å². The van der Waals surface area contributed by atoms with Crippen LogP contribution in [0.1, 0.15) is 66.2 Å². The third-order valence-electron chi connectivity index (χ3n) is 6.08. The standard InChI is InChI=1S/C23H29N3O7/c1-4-20(28)26-17-8-6-5-7-16(17)25-21(29)18(26)12-19(27)24-15-10-13(22(30)32-2)9-14(11-15)23(31)33-3/h9-11,16-18H,4-8,12H2,1-3H3,(H,24,27)(H,25,29)/t16-,17+,18+/m0/s1. The number of fused-ring (bicyclic) bond motifs is 1. The Bertz CT molecular complexity index is 927. The minimum absolute atomic E-state index is 0.0546. The van der Waals surface area contributed by atoms with Crippen LogP contribution in [0, 0.1) is 0 Å². The van der Waals surface area contributed by atoms with Crippen LogP contribution in [-0.4, -0.2) is 66.9 Å². The van der Waals surface area contributed by atoms with Gasteiger partial charge in [-0.25, -0.2) is 9.59 Å². The maximum Gasteiger partial charge on any atom is 0.337 e. The van der Waals surface area contributed by atoms with Crippen LogP contribution in [-0.2, 0) is 23.9 Å². The maximum absolute atomic E-state index is 12.9. The van der Waals surface area contributed by atoms with Gasteiger partial charge in [-0.2, -0.15) is 0 Å². The van der Waals surface area contributed by atoms with Crippen LogP contribution in [0.15, 0.2) is 18.2 Å². The van der Waals surface area contributed by atoms with Crippen molar-refractivity contribution in [2.45, 2.75) is 63.6 Å². The Morgan fingerprint density at radius 3 is 2.21 bits per heavy atom. The number of piperazine rings is 1. The molecule has 2 aliphatic rings. The topological polar surface area (TPSA) is 131 Å². The van der Waals surface area contributed by atoms with Gasteiger partial charge < -0.3 is 25.0 Å². The zero-order valence-corrected chi connectivity index (χ0v) is 19.0. The van der Waals surface area contributed by atoms with Crippen LogP contribution in [0.5, 0.6) is 0 Å². The molecule has 0 radical (unpaired) electrons. The molecule has 1 saturated carbocycles. The Labute approximate surface area is 192 Å². The molecule has 10 heteroatoms. The van der Waals surface area contributed by atoms with Gasteiger partial charge in [0.15, 0.2) is 0 Å². The van der Waals surface area contributed by atoms with Crippen molar-refractivity contribution in [3.8, 4) is 0 Å². The fourth-order valence-corrected chi connectivity index (χ4v) is 4.54. The molecule has 2 fully saturated rings. The normalized spacial score (nSPS) is 22.0. The molecule has 3 rings (SSSR count). The van der Waals surface area contributed by atoms with E-state index in [0.29, 0.717) is 0 Å². The number of esters is 2. The van der Waals surface area contributed by atoms with E-state index in [1.54, 1.807) is 11.8 Å². The third-order valence-corrected chi connectivity index (χ3v) is 6.08. The first kappa shape index (κ1) is 24.2. The summed E-state index contributed by atoms with van der Waals surface area (Å²) in [5.41, 5.74) is 0.279. The van der Waals surface area contributed by atoms with Crippen LogP contribution in [0.3, 0.4) is 0 Å². The van der Waals surface area contributed by atoms with Gasteiger partial charge >= 0.3 is 11.9 Å². The highest BCUT2D eigenvalue weighted by atomic mass is 16.5. The first-order valence-corrected chi connectivity index (χ1v) is 11.0. The molecule has 0 spiro atoms. The van der Waals surface area contributed by atoms with Crippen LogP contribution >= 0.6 is 0 Å². The second-order valence-electron chi connectivity index (χ2n) is 8.17. The van der Waals surface area contributed by atoms with Crippen LogP contribution in [0.25, 0.3) is 0 Å². The quantitative estimate of drug-likeness (QED) is 0.618. The zero-order chi connectivity index (χ0) is 24.1. The summed E-state index contributed by atoms with van der Waals surface area (Å²) in [7, 11) is 2.40. The van der Waals surface area contributed by atoms with Crippen molar-refractivity contribution in [3.05, 3.63) is 29.3 Å². The second kappa shape index (κ2) is 10.5. The molecule has 33 heavy (non-hydrogen) atoms. The molecule has 3 amide bonds. The summed E-state index contributed by atoms with van der Waals surface area (Å²) in [6.45, 7) is 1.73. The predicted octanol–water partition coefficient (Wildman–Crippen LogP) is 1.64. The molecule has 10 nitrogen and oxygen atoms in total. The molecule has 0 aromatic heterocycles. The summed E-state index contributed by atoms with van der Waals surface area (Å²) >= 11 is 0. The number of methoxy groups -OCH3 is 2. The molecule has 3 atom stereocenters. The van der Waals surface area contributed by atoms with Crippen molar-refractivity contribution in [1.82, 2.24) is 10.2 Å². The minimum atomic E-state index is -0.930. The van der Waals surface area contributed by atoms with E-state index in [1.165, 1.54) is 32.4 Å². The molecule has 178 valence electrons. The third kappa shape index (κ3) is 5.32. The highest BCUT2D eigenvalue weighted by molar-refractivity contribution is 6.01. The van der Waals surface area contributed by atoms with Crippen molar-refractivity contribution >= 4 is 35.3 Å². The fourth-order valence-electron chi connectivity index (χ4n) is 4.54. The number of hydrogen-bond donors (Lipinski definition) is 2.